The Kier molecular flexibility index (Phi) is 5.39. The van der Waals surface area contributed by atoms with Gasteiger partial charge in [0.05, 0.1) is 0 Å². The molecular weight excluding hydrogens is 246 g/mol. The van der Waals surface area contributed by atoms with Crippen LogP contribution in [-0.4, -0.2) is 22.6 Å². The molecule has 1 aromatic heterocycles. The van der Waals surface area contributed by atoms with Crippen LogP contribution >= 0.6 is 11.6 Å². The van der Waals surface area contributed by atoms with Gasteiger partial charge in [0.1, 0.15) is 17.3 Å². The summed E-state index contributed by atoms with van der Waals surface area (Å²) in [4.78, 5) is 10.9. The topological polar surface area (TPSA) is 29.0 Å². The minimum atomic E-state index is 0.321. The molecule has 0 spiro atoms. The Bertz CT molecular complexity index is 389. The quantitative estimate of drug-likeness (QED) is 0.753. The van der Waals surface area contributed by atoms with E-state index in [0.29, 0.717) is 23.0 Å². The van der Waals surface area contributed by atoms with Crippen molar-refractivity contribution in [2.24, 2.45) is 5.92 Å². The van der Waals surface area contributed by atoms with Crippen molar-refractivity contribution < 1.29 is 0 Å². The fraction of sp³-hybridized carbons (Fsp3) is 0.714. The maximum atomic E-state index is 6.23. The van der Waals surface area contributed by atoms with Crippen LogP contribution in [0.4, 0.5) is 5.82 Å². The molecule has 1 aromatic rings. The molecule has 0 aromatic carbocycles. The van der Waals surface area contributed by atoms with Gasteiger partial charge in [0, 0.05) is 18.2 Å². The van der Waals surface area contributed by atoms with Crippen LogP contribution in [-0.2, 0) is 0 Å². The molecule has 0 atom stereocenters. The Hall–Kier alpha value is -0.830. The van der Waals surface area contributed by atoms with Crippen LogP contribution in [0.3, 0.4) is 0 Å². The lowest BCUT2D eigenvalue weighted by molar-refractivity contribution is 0.562. The van der Waals surface area contributed by atoms with Gasteiger partial charge in [-0.3, -0.25) is 0 Å². The summed E-state index contributed by atoms with van der Waals surface area (Å²) < 4.78 is 0. The van der Waals surface area contributed by atoms with Gasteiger partial charge < -0.3 is 4.90 Å². The molecule has 0 saturated heterocycles. The molecule has 0 N–H and O–H groups in total. The van der Waals surface area contributed by atoms with E-state index in [-0.39, 0.29) is 0 Å². The molecule has 0 unspecified atom stereocenters. The lowest BCUT2D eigenvalue weighted by Gasteiger charge is -2.32. The van der Waals surface area contributed by atoms with E-state index in [0.717, 1.165) is 17.9 Å². The van der Waals surface area contributed by atoms with Crippen molar-refractivity contribution >= 4 is 17.4 Å². The summed E-state index contributed by atoms with van der Waals surface area (Å²) in [6.07, 6.45) is 1.55. The molecule has 0 aliphatic rings. The molecule has 18 heavy (non-hydrogen) atoms. The molecule has 3 nitrogen and oxygen atoms in total. The molecule has 0 saturated carbocycles. The first-order valence-electron chi connectivity index (χ1n) is 6.61. The van der Waals surface area contributed by atoms with Gasteiger partial charge in [0.2, 0.25) is 0 Å². The van der Waals surface area contributed by atoms with E-state index < -0.39 is 0 Å². The van der Waals surface area contributed by atoms with Gasteiger partial charge in [-0.1, -0.05) is 39.3 Å². The number of aromatic nitrogens is 2. The van der Waals surface area contributed by atoms with Crippen molar-refractivity contribution in [2.75, 3.05) is 11.4 Å². The Balaban J connectivity index is 3.23. The van der Waals surface area contributed by atoms with Gasteiger partial charge in [0.15, 0.2) is 0 Å². The van der Waals surface area contributed by atoms with Gasteiger partial charge in [0.25, 0.3) is 0 Å². The molecule has 1 heterocycles. The van der Waals surface area contributed by atoms with Gasteiger partial charge in [-0.15, -0.1) is 0 Å². The number of nitrogens with zero attached hydrogens (tertiary/aromatic N) is 3. The van der Waals surface area contributed by atoms with Crippen LogP contribution in [0.25, 0.3) is 0 Å². The SMILES string of the molecule is CC(C)CN(c1ncnc(Cl)c1C(C)C)C(C)C. The fourth-order valence-corrected chi connectivity index (χ4v) is 2.37. The number of anilines is 1. The highest BCUT2D eigenvalue weighted by molar-refractivity contribution is 6.30. The van der Waals surface area contributed by atoms with Crippen LogP contribution in [0, 0.1) is 5.92 Å². The third kappa shape index (κ3) is 3.58. The third-order valence-electron chi connectivity index (χ3n) is 2.85. The first kappa shape index (κ1) is 15.2. The minimum Gasteiger partial charge on any atom is -0.354 e. The summed E-state index contributed by atoms with van der Waals surface area (Å²) in [5.41, 5.74) is 1.05. The Morgan fingerprint density at radius 1 is 1.11 bits per heavy atom. The lowest BCUT2D eigenvalue weighted by Crippen LogP contribution is -2.35. The summed E-state index contributed by atoms with van der Waals surface area (Å²) in [7, 11) is 0. The summed E-state index contributed by atoms with van der Waals surface area (Å²) in [6, 6.07) is 0.399. The van der Waals surface area contributed by atoms with Crippen LogP contribution in [0.15, 0.2) is 6.33 Å². The number of hydrogen-bond acceptors (Lipinski definition) is 3. The second-order valence-electron chi connectivity index (χ2n) is 5.70. The van der Waals surface area contributed by atoms with E-state index in [1.54, 1.807) is 6.33 Å². The van der Waals surface area contributed by atoms with Crippen LogP contribution < -0.4 is 4.90 Å². The molecular formula is C14H24ClN3. The summed E-state index contributed by atoms with van der Waals surface area (Å²) in [6.45, 7) is 14.0. The van der Waals surface area contributed by atoms with Crippen molar-refractivity contribution in [3.63, 3.8) is 0 Å². The Morgan fingerprint density at radius 3 is 2.17 bits per heavy atom. The molecule has 0 radical (unpaired) electrons. The van der Waals surface area contributed by atoms with Gasteiger partial charge in [-0.25, -0.2) is 9.97 Å². The first-order chi connectivity index (χ1) is 8.34. The van der Waals surface area contributed by atoms with Crippen LogP contribution in [0.5, 0.6) is 0 Å². The second kappa shape index (κ2) is 6.37. The largest absolute Gasteiger partial charge is 0.354 e. The molecule has 102 valence electrons. The van der Waals surface area contributed by atoms with Crippen LogP contribution in [0.1, 0.15) is 53.0 Å². The molecule has 1 rings (SSSR count). The summed E-state index contributed by atoms with van der Waals surface area (Å²) in [5, 5.41) is 0.574. The zero-order valence-electron chi connectivity index (χ0n) is 12.2. The standard InChI is InChI=1S/C14H24ClN3/c1-9(2)7-18(11(5)6)14-12(10(3)4)13(15)16-8-17-14/h8-11H,7H2,1-6H3. The van der Waals surface area contributed by atoms with Crippen molar-refractivity contribution in [3.8, 4) is 0 Å². The molecule has 0 fully saturated rings. The molecule has 4 heteroatoms. The van der Waals surface area contributed by atoms with E-state index in [1.165, 1.54) is 0 Å². The molecule has 0 bridgehead atoms. The predicted octanol–water partition coefficient (Wildman–Crippen LogP) is 4.12. The highest BCUT2D eigenvalue weighted by atomic mass is 35.5. The highest BCUT2D eigenvalue weighted by Gasteiger charge is 2.21. The number of rotatable bonds is 5. The smallest absolute Gasteiger partial charge is 0.138 e. The summed E-state index contributed by atoms with van der Waals surface area (Å²) >= 11 is 6.23. The van der Waals surface area contributed by atoms with E-state index >= 15 is 0 Å². The fourth-order valence-electron chi connectivity index (χ4n) is 2.03. The van der Waals surface area contributed by atoms with Gasteiger partial charge in [-0.05, 0) is 25.7 Å². The predicted molar refractivity (Wildman–Crippen MR) is 78.5 cm³/mol. The maximum Gasteiger partial charge on any atom is 0.138 e. The van der Waals surface area contributed by atoms with Crippen molar-refractivity contribution in [1.29, 1.82) is 0 Å². The monoisotopic (exact) mass is 269 g/mol. The Labute approximate surface area is 116 Å². The Morgan fingerprint density at radius 2 is 1.72 bits per heavy atom. The van der Waals surface area contributed by atoms with Crippen molar-refractivity contribution in [1.82, 2.24) is 9.97 Å². The maximum absolute atomic E-state index is 6.23. The van der Waals surface area contributed by atoms with Gasteiger partial charge >= 0.3 is 0 Å². The molecule has 0 aliphatic carbocycles. The zero-order chi connectivity index (χ0) is 13.9. The zero-order valence-corrected chi connectivity index (χ0v) is 13.0. The summed E-state index contributed by atoms with van der Waals surface area (Å²) in [5.74, 6) is 1.89. The van der Waals surface area contributed by atoms with Crippen molar-refractivity contribution in [2.45, 2.75) is 53.5 Å². The van der Waals surface area contributed by atoms with E-state index in [1.807, 2.05) is 0 Å². The highest BCUT2D eigenvalue weighted by Crippen LogP contribution is 2.31. The lowest BCUT2D eigenvalue weighted by atomic mass is 10.0. The molecule has 0 amide bonds. The van der Waals surface area contributed by atoms with E-state index in [9.17, 15) is 0 Å². The average molecular weight is 270 g/mol. The minimum absolute atomic E-state index is 0.321. The number of hydrogen-bond donors (Lipinski definition) is 0. The molecule has 0 aliphatic heterocycles. The second-order valence-corrected chi connectivity index (χ2v) is 6.05. The normalized spacial score (nSPS) is 11.7. The first-order valence-corrected chi connectivity index (χ1v) is 6.99. The average Bonchev–Trinajstić information content (AvgIpc) is 2.24. The van der Waals surface area contributed by atoms with Crippen LogP contribution in [0.2, 0.25) is 5.15 Å². The number of halogens is 1. The van der Waals surface area contributed by atoms with Gasteiger partial charge in [-0.2, -0.15) is 0 Å². The van der Waals surface area contributed by atoms with E-state index in [4.69, 9.17) is 11.6 Å². The third-order valence-corrected chi connectivity index (χ3v) is 3.15. The van der Waals surface area contributed by atoms with Crippen molar-refractivity contribution in [3.05, 3.63) is 17.0 Å². The van der Waals surface area contributed by atoms with E-state index in [2.05, 4.69) is 56.4 Å².